The molecule has 0 amide bonds. The largest absolute Gasteiger partial charge is 0.393 e. The maximum absolute atomic E-state index is 9.44. The van der Waals surface area contributed by atoms with Crippen LogP contribution in [0.25, 0.3) is 0 Å². The number of aliphatic hydroxyl groups excluding tert-OH is 1. The number of hydrogen-bond donors (Lipinski definition) is 1. The third kappa shape index (κ3) is 1.91. The van der Waals surface area contributed by atoms with Gasteiger partial charge >= 0.3 is 0 Å². The fourth-order valence-electron chi connectivity index (χ4n) is 1.87. The van der Waals surface area contributed by atoms with Gasteiger partial charge in [0.25, 0.3) is 0 Å². The Balaban J connectivity index is 2.49. The summed E-state index contributed by atoms with van der Waals surface area (Å²) in [5, 5.41) is 9.57. The molecule has 1 aliphatic rings. The highest BCUT2D eigenvalue weighted by Crippen LogP contribution is 2.38. The Bertz CT molecular complexity index is 131. The molecular formula is C8H14BClO. The third-order valence-corrected chi connectivity index (χ3v) is 3.22. The Kier molecular flexibility index (Phi) is 3.26. The highest BCUT2D eigenvalue weighted by atomic mass is 35.5. The van der Waals surface area contributed by atoms with Gasteiger partial charge in [-0.15, -0.1) is 11.6 Å². The van der Waals surface area contributed by atoms with Crippen LogP contribution < -0.4 is 0 Å². The van der Waals surface area contributed by atoms with Crippen LogP contribution in [-0.2, 0) is 0 Å². The smallest absolute Gasteiger partial charge is 0.0653 e. The Morgan fingerprint density at radius 1 is 1.64 bits per heavy atom. The van der Waals surface area contributed by atoms with Gasteiger partial charge < -0.3 is 5.11 Å². The summed E-state index contributed by atoms with van der Waals surface area (Å²) in [4.78, 5) is 0. The van der Waals surface area contributed by atoms with Gasteiger partial charge in [-0.3, -0.25) is 0 Å². The Morgan fingerprint density at radius 2 is 2.27 bits per heavy atom. The van der Waals surface area contributed by atoms with Crippen LogP contribution in [-0.4, -0.2) is 24.4 Å². The summed E-state index contributed by atoms with van der Waals surface area (Å²) in [7, 11) is 5.44. The van der Waals surface area contributed by atoms with Crippen molar-refractivity contribution in [2.24, 2.45) is 11.8 Å². The van der Waals surface area contributed by atoms with E-state index in [2.05, 4.69) is 0 Å². The second-order valence-corrected chi connectivity index (χ2v) is 3.98. The molecule has 1 nitrogen and oxygen atoms in total. The minimum atomic E-state index is -0.214. The summed E-state index contributed by atoms with van der Waals surface area (Å²) in [6.45, 7) is 2.05. The number of aliphatic hydroxyl groups is 1. The standard InChI is InChI=1S/C8H14BClO/c1-5-6(2-3-9)7(10)4-8(5)11/h5-8,11H,2-4H2,1H3. The second kappa shape index (κ2) is 3.82. The average Bonchev–Trinajstić information content (AvgIpc) is 2.17. The van der Waals surface area contributed by atoms with Gasteiger partial charge in [0.15, 0.2) is 0 Å². The molecule has 11 heavy (non-hydrogen) atoms. The highest BCUT2D eigenvalue weighted by molar-refractivity contribution is 6.21. The summed E-state index contributed by atoms with van der Waals surface area (Å²) in [5.41, 5.74) is 0. The molecule has 0 aliphatic heterocycles. The third-order valence-electron chi connectivity index (χ3n) is 2.71. The van der Waals surface area contributed by atoms with Gasteiger partial charge in [0, 0.05) is 5.38 Å². The molecule has 0 spiro atoms. The van der Waals surface area contributed by atoms with Crippen LogP contribution >= 0.6 is 11.6 Å². The summed E-state index contributed by atoms with van der Waals surface area (Å²) in [6, 6.07) is 0. The summed E-state index contributed by atoms with van der Waals surface area (Å²) >= 11 is 6.03. The topological polar surface area (TPSA) is 20.2 Å². The lowest BCUT2D eigenvalue weighted by molar-refractivity contribution is 0.127. The molecule has 2 radical (unpaired) electrons. The monoisotopic (exact) mass is 172 g/mol. The quantitative estimate of drug-likeness (QED) is 0.495. The predicted molar refractivity (Wildman–Crippen MR) is 48.1 cm³/mol. The molecule has 4 atom stereocenters. The Morgan fingerprint density at radius 3 is 2.64 bits per heavy atom. The van der Waals surface area contributed by atoms with Crippen LogP contribution in [0.5, 0.6) is 0 Å². The van der Waals surface area contributed by atoms with Gasteiger partial charge in [-0.1, -0.05) is 19.7 Å². The van der Waals surface area contributed by atoms with Crippen molar-refractivity contribution >= 4 is 19.4 Å². The zero-order valence-electron chi connectivity index (χ0n) is 6.83. The van der Waals surface area contributed by atoms with E-state index in [1.54, 1.807) is 0 Å². The summed E-state index contributed by atoms with van der Waals surface area (Å²) in [6.07, 6.45) is 2.12. The van der Waals surface area contributed by atoms with E-state index >= 15 is 0 Å². The van der Waals surface area contributed by atoms with Crippen molar-refractivity contribution in [3.8, 4) is 0 Å². The summed E-state index contributed by atoms with van der Waals surface area (Å²) < 4.78 is 0. The molecule has 0 heterocycles. The molecule has 0 aromatic carbocycles. The molecule has 0 saturated heterocycles. The molecule has 4 unspecified atom stereocenters. The van der Waals surface area contributed by atoms with Gasteiger partial charge in [0.1, 0.15) is 0 Å². The van der Waals surface area contributed by atoms with E-state index in [1.165, 1.54) is 0 Å². The number of alkyl halides is 1. The molecule has 0 bridgehead atoms. The van der Waals surface area contributed by atoms with Crippen LogP contribution in [0.4, 0.5) is 0 Å². The fourth-order valence-corrected chi connectivity index (χ4v) is 2.41. The van der Waals surface area contributed by atoms with Gasteiger partial charge in [-0.05, 0) is 18.3 Å². The first-order valence-corrected chi connectivity index (χ1v) is 4.62. The maximum atomic E-state index is 9.44. The SMILES string of the molecule is [B]CCC1C(Cl)CC(O)C1C. The van der Waals surface area contributed by atoms with E-state index in [4.69, 9.17) is 19.4 Å². The molecule has 1 N–H and O–H groups in total. The molecular weight excluding hydrogens is 158 g/mol. The Labute approximate surface area is 74.5 Å². The van der Waals surface area contributed by atoms with Crippen molar-refractivity contribution in [3.05, 3.63) is 0 Å². The lowest BCUT2D eigenvalue weighted by Crippen LogP contribution is -2.16. The second-order valence-electron chi connectivity index (χ2n) is 3.42. The minimum absolute atomic E-state index is 0.128. The lowest BCUT2D eigenvalue weighted by Gasteiger charge is -2.18. The van der Waals surface area contributed by atoms with E-state index in [1.807, 2.05) is 6.92 Å². The minimum Gasteiger partial charge on any atom is -0.393 e. The van der Waals surface area contributed by atoms with Crippen LogP contribution in [0, 0.1) is 11.8 Å². The molecule has 0 aromatic rings. The normalized spacial score (nSPS) is 44.6. The predicted octanol–water partition coefficient (Wildman–Crippen LogP) is 1.59. The van der Waals surface area contributed by atoms with Crippen molar-refractivity contribution in [2.75, 3.05) is 0 Å². The number of hydrogen-bond acceptors (Lipinski definition) is 1. The van der Waals surface area contributed by atoms with Gasteiger partial charge in [0.2, 0.25) is 0 Å². The molecule has 1 saturated carbocycles. The van der Waals surface area contributed by atoms with Gasteiger partial charge in [-0.2, -0.15) is 0 Å². The molecule has 1 aliphatic carbocycles. The van der Waals surface area contributed by atoms with Crippen molar-refractivity contribution in [3.63, 3.8) is 0 Å². The van der Waals surface area contributed by atoms with Crippen LogP contribution in [0.3, 0.4) is 0 Å². The fraction of sp³-hybridized carbons (Fsp3) is 1.00. The lowest BCUT2D eigenvalue weighted by atomic mass is 9.87. The zero-order valence-corrected chi connectivity index (χ0v) is 7.59. The zero-order chi connectivity index (χ0) is 8.43. The van der Waals surface area contributed by atoms with Crippen LogP contribution in [0.1, 0.15) is 19.8 Å². The Hall–Kier alpha value is 0.315. The van der Waals surface area contributed by atoms with Gasteiger partial charge in [-0.25, -0.2) is 0 Å². The molecule has 1 rings (SSSR count). The first-order valence-electron chi connectivity index (χ1n) is 4.19. The average molecular weight is 172 g/mol. The molecule has 1 fully saturated rings. The van der Waals surface area contributed by atoms with E-state index in [-0.39, 0.29) is 11.5 Å². The van der Waals surface area contributed by atoms with Crippen molar-refractivity contribution in [1.82, 2.24) is 0 Å². The van der Waals surface area contributed by atoms with Crippen molar-refractivity contribution < 1.29 is 5.11 Å². The van der Waals surface area contributed by atoms with E-state index in [0.29, 0.717) is 18.2 Å². The first-order chi connectivity index (χ1) is 5.16. The van der Waals surface area contributed by atoms with E-state index < -0.39 is 0 Å². The molecule has 62 valence electrons. The van der Waals surface area contributed by atoms with E-state index in [9.17, 15) is 5.11 Å². The first kappa shape index (κ1) is 9.40. The van der Waals surface area contributed by atoms with Crippen molar-refractivity contribution in [1.29, 1.82) is 0 Å². The van der Waals surface area contributed by atoms with Crippen LogP contribution in [0.15, 0.2) is 0 Å². The van der Waals surface area contributed by atoms with E-state index in [0.717, 1.165) is 12.8 Å². The summed E-state index contributed by atoms with van der Waals surface area (Å²) in [5.74, 6) is 0.734. The number of halogens is 1. The van der Waals surface area contributed by atoms with Crippen molar-refractivity contribution in [2.45, 2.75) is 37.6 Å². The molecule has 3 heteroatoms. The highest BCUT2D eigenvalue weighted by Gasteiger charge is 2.37. The van der Waals surface area contributed by atoms with Gasteiger partial charge in [0.05, 0.1) is 14.0 Å². The molecule has 0 aromatic heterocycles. The van der Waals surface area contributed by atoms with Crippen LogP contribution in [0.2, 0.25) is 6.32 Å². The maximum Gasteiger partial charge on any atom is 0.0653 e. The number of rotatable bonds is 2.